The number of rotatable bonds is 5. The third-order valence-electron chi connectivity index (χ3n) is 2.91. The maximum atomic E-state index is 11.6. The summed E-state index contributed by atoms with van der Waals surface area (Å²) in [5.41, 5.74) is 0.905. The first kappa shape index (κ1) is 15.2. The molecule has 0 aliphatic carbocycles. The SMILES string of the molecule is CNC(=O)C(C)Nc1nc(C(C)C)nc(NC)c1C. The second-order valence-corrected chi connectivity index (χ2v) is 4.79. The molecule has 1 heterocycles. The summed E-state index contributed by atoms with van der Waals surface area (Å²) in [6, 6.07) is -0.344. The van der Waals surface area contributed by atoms with Crippen molar-refractivity contribution >= 4 is 17.5 Å². The summed E-state index contributed by atoms with van der Waals surface area (Å²) < 4.78 is 0. The number of likely N-dealkylation sites (N-methyl/N-ethyl adjacent to an activating group) is 1. The third-order valence-corrected chi connectivity index (χ3v) is 2.91. The molecular weight excluding hydrogens is 242 g/mol. The quantitative estimate of drug-likeness (QED) is 0.752. The number of anilines is 2. The van der Waals surface area contributed by atoms with E-state index in [4.69, 9.17) is 0 Å². The Hall–Kier alpha value is -1.85. The van der Waals surface area contributed by atoms with Gasteiger partial charge in [0.1, 0.15) is 23.5 Å². The highest BCUT2D eigenvalue weighted by Crippen LogP contribution is 2.23. The lowest BCUT2D eigenvalue weighted by Gasteiger charge is -2.18. The fourth-order valence-corrected chi connectivity index (χ4v) is 1.66. The van der Waals surface area contributed by atoms with Gasteiger partial charge in [-0.15, -0.1) is 0 Å². The van der Waals surface area contributed by atoms with Crippen molar-refractivity contribution in [3.63, 3.8) is 0 Å². The number of hydrogen-bond acceptors (Lipinski definition) is 5. The van der Waals surface area contributed by atoms with Crippen molar-refractivity contribution in [1.29, 1.82) is 0 Å². The highest BCUT2D eigenvalue weighted by Gasteiger charge is 2.16. The predicted molar refractivity (Wildman–Crippen MR) is 77.6 cm³/mol. The van der Waals surface area contributed by atoms with E-state index >= 15 is 0 Å². The maximum Gasteiger partial charge on any atom is 0.241 e. The molecule has 0 saturated heterocycles. The van der Waals surface area contributed by atoms with E-state index in [2.05, 4.69) is 25.9 Å². The van der Waals surface area contributed by atoms with E-state index in [9.17, 15) is 4.79 Å². The van der Waals surface area contributed by atoms with Crippen LogP contribution in [0.1, 0.15) is 38.1 Å². The number of carbonyl (C=O) groups is 1. The maximum absolute atomic E-state index is 11.6. The van der Waals surface area contributed by atoms with Crippen LogP contribution in [0.2, 0.25) is 0 Å². The van der Waals surface area contributed by atoms with Crippen molar-refractivity contribution in [1.82, 2.24) is 15.3 Å². The minimum atomic E-state index is -0.344. The van der Waals surface area contributed by atoms with Crippen molar-refractivity contribution in [3.05, 3.63) is 11.4 Å². The summed E-state index contributed by atoms with van der Waals surface area (Å²) in [5.74, 6) is 2.38. The van der Waals surface area contributed by atoms with Crippen molar-refractivity contribution in [2.24, 2.45) is 0 Å². The summed E-state index contributed by atoms with van der Waals surface area (Å²) in [7, 11) is 3.44. The Labute approximate surface area is 114 Å². The van der Waals surface area contributed by atoms with Crippen LogP contribution >= 0.6 is 0 Å². The second kappa shape index (κ2) is 6.36. The minimum absolute atomic E-state index is 0.0740. The number of nitrogens with one attached hydrogen (secondary N) is 3. The van der Waals surface area contributed by atoms with Gasteiger partial charge in [0.15, 0.2) is 0 Å². The molecule has 0 aromatic carbocycles. The van der Waals surface area contributed by atoms with Crippen molar-refractivity contribution in [3.8, 4) is 0 Å². The molecule has 0 aliphatic heterocycles. The molecule has 0 bridgehead atoms. The normalized spacial score (nSPS) is 12.2. The zero-order valence-corrected chi connectivity index (χ0v) is 12.5. The lowest BCUT2D eigenvalue weighted by atomic mass is 10.2. The highest BCUT2D eigenvalue weighted by atomic mass is 16.2. The Balaban J connectivity index is 3.11. The van der Waals surface area contributed by atoms with Gasteiger partial charge >= 0.3 is 0 Å². The molecule has 1 unspecified atom stereocenters. The van der Waals surface area contributed by atoms with Gasteiger partial charge in [-0.25, -0.2) is 9.97 Å². The van der Waals surface area contributed by atoms with Gasteiger partial charge < -0.3 is 16.0 Å². The van der Waals surface area contributed by atoms with Gasteiger partial charge in [0, 0.05) is 25.6 Å². The highest BCUT2D eigenvalue weighted by molar-refractivity contribution is 5.84. The molecule has 0 fully saturated rings. The molecule has 1 aromatic heterocycles. The van der Waals surface area contributed by atoms with Crippen LogP contribution in [0, 0.1) is 6.92 Å². The lowest BCUT2D eigenvalue weighted by Crippen LogP contribution is -2.35. The lowest BCUT2D eigenvalue weighted by molar-refractivity contribution is -0.121. The molecule has 19 heavy (non-hydrogen) atoms. The average molecular weight is 265 g/mol. The van der Waals surface area contributed by atoms with Crippen LogP contribution in [0.3, 0.4) is 0 Å². The molecule has 0 spiro atoms. The molecule has 0 saturated carbocycles. The van der Waals surface area contributed by atoms with Crippen molar-refractivity contribution in [2.45, 2.75) is 39.7 Å². The molecule has 106 valence electrons. The first-order chi connectivity index (χ1) is 8.90. The molecule has 1 rings (SSSR count). The van der Waals surface area contributed by atoms with Gasteiger partial charge in [-0.3, -0.25) is 4.79 Å². The smallest absolute Gasteiger partial charge is 0.241 e. The van der Waals surface area contributed by atoms with Crippen LogP contribution in [0.5, 0.6) is 0 Å². The number of hydrogen-bond donors (Lipinski definition) is 3. The number of nitrogens with zero attached hydrogens (tertiary/aromatic N) is 2. The van der Waals surface area contributed by atoms with Crippen LogP contribution in [-0.2, 0) is 4.79 Å². The summed E-state index contributed by atoms with van der Waals surface area (Å²) >= 11 is 0. The van der Waals surface area contributed by atoms with Crippen molar-refractivity contribution in [2.75, 3.05) is 24.7 Å². The van der Waals surface area contributed by atoms with Gasteiger partial charge in [-0.05, 0) is 13.8 Å². The Morgan fingerprint density at radius 1 is 1.11 bits per heavy atom. The van der Waals surface area contributed by atoms with Crippen LogP contribution in [-0.4, -0.2) is 36.0 Å². The molecule has 0 aliphatic rings. The Kier molecular flexibility index (Phi) is 5.09. The van der Waals surface area contributed by atoms with E-state index in [-0.39, 0.29) is 17.9 Å². The number of carbonyl (C=O) groups excluding carboxylic acids is 1. The summed E-state index contributed by atoms with van der Waals surface area (Å²) in [5, 5.41) is 8.79. The molecule has 1 atom stereocenters. The van der Waals surface area contributed by atoms with E-state index in [1.54, 1.807) is 14.0 Å². The Morgan fingerprint density at radius 2 is 1.68 bits per heavy atom. The summed E-state index contributed by atoms with van der Waals surface area (Å²) in [4.78, 5) is 20.5. The van der Waals surface area contributed by atoms with Crippen LogP contribution in [0.25, 0.3) is 0 Å². The molecule has 3 N–H and O–H groups in total. The predicted octanol–water partition coefficient (Wildman–Crippen LogP) is 1.50. The second-order valence-electron chi connectivity index (χ2n) is 4.79. The van der Waals surface area contributed by atoms with Crippen LogP contribution in [0.15, 0.2) is 0 Å². The van der Waals surface area contributed by atoms with E-state index < -0.39 is 0 Å². The van der Waals surface area contributed by atoms with Gasteiger partial charge in [0.05, 0.1) is 0 Å². The molecule has 6 nitrogen and oxygen atoms in total. The van der Waals surface area contributed by atoms with Gasteiger partial charge in [0.2, 0.25) is 5.91 Å². The average Bonchev–Trinajstić information content (AvgIpc) is 2.39. The zero-order chi connectivity index (χ0) is 14.6. The van der Waals surface area contributed by atoms with Crippen molar-refractivity contribution < 1.29 is 4.79 Å². The van der Waals surface area contributed by atoms with Gasteiger partial charge in [-0.1, -0.05) is 13.8 Å². The number of aromatic nitrogens is 2. The molecular formula is C13H23N5O. The first-order valence-electron chi connectivity index (χ1n) is 6.45. The fourth-order valence-electron chi connectivity index (χ4n) is 1.66. The van der Waals surface area contributed by atoms with Crippen LogP contribution in [0.4, 0.5) is 11.6 Å². The number of amides is 1. The summed E-state index contributed by atoms with van der Waals surface area (Å²) in [6.45, 7) is 7.80. The molecule has 1 aromatic rings. The minimum Gasteiger partial charge on any atom is -0.373 e. The molecule has 1 amide bonds. The van der Waals surface area contributed by atoms with Gasteiger partial charge in [-0.2, -0.15) is 0 Å². The van der Waals surface area contributed by atoms with E-state index in [0.29, 0.717) is 5.82 Å². The third kappa shape index (κ3) is 3.56. The van der Waals surface area contributed by atoms with Gasteiger partial charge in [0.25, 0.3) is 0 Å². The largest absolute Gasteiger partial charge is 0.373 e. The molecule has 6 heteroatoms. The topological polar surface area (TPSA) is 78.9 Å². The zero-order valence-electron chi connectivity index (χ0n) is 12.5. The molecule has 0 radical (unpaired) electrons. The van der Waals surface area contributed by atoms with Crippen LogP contribution < -0.4 is 16.0 Å². The Morgan fingerprint density at radius 3 is 2.16 bits per heavy atom. The van der Waals surface area contributed by atoms with E-state index in [1.165, 1.54) is 0 Å². The van der Waals surface area contributed by atoms with E-state index in [1.807, 2.05) is 27.8 Å². The first-order valence-corrected chi connectivity index (χ1v) is 6.45. The monoisotopic (exact) mass is 265 g/mol. The van der Waals surface area contributed by atoms with E-state index in [0.717, 1.165) is 17.2 Å². The fraction of sp³-hybridized carbons (Fsp3) is 0.615. The standard InChI is InChI=1S/C13H23N5O/c1-7(2)10-17-11(14-5)8(3)12(18-10)16-9(4)13(19)15-6/h7,9H,1-6H3,(H,15,19)(H2,14,16,17,18). The summed E-state index contributed by atoms with van der Waals surface area (Å²) in [6.07, 6.45) is 0. The Bertz CT molecular complexity index is 459.